The third-order valence-electron chi connectivity index (χ3n) is 3.29. The fourth-order valence-electron chi connectivity index (χ4n) is 2.26. The number of hydrogen-bond donors (Lipinski definition) is 1. The van der Waals surface area contributed by atoms with Crippen LogP contribution in [0.15, 0.2) is 18.5 Å². The van der Waals surface area contributed by atoms with Crippen molar-refractivity contribution in [1.29, 1.82) is 0 Å². The van der Waals surface area contributed by atoms with Crippen molar-refractivity contribution in [3.63, 3.8) is 0 Å². The summed E-state index contributed by atoms with van der Waals surface area (Å²) in [6.45, 7) is 8.10. The highest BCUT2D eigenvalue weighted by molar-refractivity contribution is 6.32. The second-order valence-corrected chi connectivity index (χ2v) is 5.70. The zero-order valence-corrected chi connectivity index (χ0v) is 13.7. The zero-order chi connectivity index (χ0) is 15.6. The second kappa shape index (κ2) is 6.31. The van der Waals surface area contributed by atoms with Crippen LogP contribution in [-0.4, -0.2) is 17.0 Å². The number of ether oxygens (including phenoxy) is 1. The van der Waals surface area contributed by atoms with Gasteiger partial charge in [-0.25, -0.2) is 9.97 Å². The van der Waals surface area contributed by atoms with E-state index >= 15 is 0 Å². The van der Waals surface area contributed by atoms with Crippen LogP contribution in [0, 0.1) is 13.8 Å². The molecule has 0 saturated carbocycles. The van der Waals surface area contributed by atoms with Crippen molar-refractivity contribution in [2.75, 3.05) is 12.4 Å². The van der Waals surface area contributed by atoms with Gasteiger partial charge in [-0.15, -0.1) is 0 Å². The summed E-state index contributed by atoms with van der Waals surface area (Å²) in [5, 5.41) is 3.85. The molecule has 1 aromatic carbocycles. The lowest BCUT2D eigenvalue weighted by Crippen LogP contribution is -2.04. The molecule has 0 aliphatic heterocycles. The first-order valence-electron chi connectivity index (χ1n) is 6.91. The van der Waals surface area contributed by atoms with Crippen molar-refractivity contribution in [3.05, 3.63) is 40.2 Å². The Balaban J connectivity index is 2.44. The van der Waals surface area contributed by atoms with E-state index in [1.54, 1.807) is 0 Å². The standard InChI is InChI=1S/C16H20ClN3O/c1-9(2)13-15(18-5)19-8-20-16(13)21-12-6-10(3)14(17)11(4)7-12/h6-9H,1-5H3,(H,18,19,20). The summed E-state index contributed by atoms with van der Waals surface area (Å²) in [6, 6.07) is 3.83. The highest BCUT2D eigenvalue weighted by atomic mass is 35.5. The average Bonchev–Trinajstić information content (AvgIpc) is 2.44. The molecular formula is C16H20ClN3O. The van der Waals surface area contributed by atoms with E-state index in [4.69, 9.17) is 16.3 Å². The summed E-state index contributed by atoms with van der Waals surface area (Å²) in [5.74, 6) is 2.35. The van der Waals surface area contributed by atoms with Crippen LogP contribution in [0.4, 0.5) is 5.82 Å². The SMILES string of the molecule is CNc1ncnc(Oc2cc(C)c(Cl)c(C)c2)c1C(C)C. The molecular weight excluding hydrogens is 286 g/mol. The largest absolute Gasteiger partial charge is 0.439 e. The quantitative estimate of drug-likeness (QED) is 0.889. The first-order valence-corrected chi connectivity index (χ1v) is 7.29. The maximum atomic E-state index is 6.19. The van der Waals surface area contributed by atoms with E-state index in [2.05, 4.69) is 29.1 Å². The van der Waals surface area contributed by atoms with Crippen LogP contribution in [-0.2, 0) is 0 Å². The smallest absolute Gasteiger partial charge is 0.227 e. The number of hydrogen-bond acceptors (Lipinski definition) is 4. The molecule has 2 aromatic rings. The Labute approximate surface area is 130 Å². The van der Waals surface area contributed by atoms with Crippen molar-refractivity contribution in [1.82, 2.24) is 9.97 Å². The van der Waals surface area contributed by atoms with Gasteiger partial charge in [0.2, 0.25) is 5.88 Å². The molecule has 1 aromatic heterocycles. The molecule has 1 N–H and O–H groups in total. The number of anilines is 1. The molecule has 0 atom stereocenters. The predicted octanol–water partition coefficient (Wildman–Crippen LogP) is 4.70. The number of halogens is 1. The summed E-state index contributed by atoms with van der Waals surface area (Å²) < 4.78 is 5.98. The molecule has 0 aliphatic rings. The van der Waals surface area contributed by atoms with Crippen LogP contribution in [0.25, 0.3) is 0 Å². The summed E-state index contributed by atoms with van der Waals surface area (Å²) in [5.41, 5.74) is 2.94. The number of aryl methyl sites for hydroxylation is 2. The van der Waals surface area contributed by atoms with Gasteiger partial charge < -0.3 is 10.1 Å². The van der Waals surface area contributed by atoms with E-state index in [0.717, 1.165) is 33.3 Å². The van der Waals surface area contributed by atoms with Gasteiger partial charge in [-0.2, -0.15) is 0 Å². The Bertz CT molecular complexity index is 633. The topological polar surface area (TPSA) is 47.0 Å². The van der Waals surface area contributed by atoms with Gasteiger partial charge in [-0.1, -0.05) is 25.4 Å². The molecule has 0 amide bonds. The first-order chi connectivity index (χ1) is 9.93. The second-order valence-electron chi connectivity index (χ2n) is 5.32. The van der Waals surface area contributed by atoms with Gasteiger partial charge in [0.05, 0.1) is 5.56 Å². The summed E-state index contributed by atoms with van der Waals surface area (Å²) in [6.07, 6.45) is 1.50. The fraction of sp³-hybridized carbons (Fsp3) is 0.375. The fourth-order valence-corrected chi connectivity index (χ4v) is 2.37. The zero-order valence-electron chi connectivity index (χ0n) is 13.0. The summed E-state index contributed by atoms with van der Waals surface area (Å²) >= 11 is 6.19. The average molecular weight is 306 g/mol. The Morgan fingerprint density at radius 2 is 1.76 bits per heavy atom. The van der Waals surface area contributed by atoms with Crippen LogP contribution in [0.3, 0.4) is 0 Å². The minimum absolute atomic E-state index is 0.248. The highest BCUT2D eigenvalue weighted by Crippen LogP contribution is 2.34. The molecule has 2 rings (SSSR count). The molecule has 0 saturated heterocycles. The normalized spacial score (nSPS) is 10.8. The molecule has 0 spiro atoms. The molecule has 0 unspecified atom stereocenters. The van der Waals surface area contributed by atoms with Gasteiger partial charge >= 0.3 is 0 Å². The lowest BCUT2D eigenvalue weighted by Gasteiger charge is -2.16. The summed E-state index contributed by atoms with van der Waals surface area (Å²) in [4.78, 5) is 8.53. The molecule has 4 nitrogen and oxygen atoms in total. The highest BCUT2D eigenvalue weighted by Gasteiger charge is 2.16. The van der Waals surface area contributed by atoms with Gasteiger partial charge in [0.25, 0.3) is 0 Å². The maximum absolute atomic E-state index is 6.19. The van der Waals surface area contributed by atoms with Crippen molar-refractivity contribution < 1.29 is 4.74 Å². The Hall–Kier alpha value is -1.81. The van der Waals surface area contributed by atoms with Crippen molar-refractivity contribution in [2.45, 2.75) is 33.6 Å². The Morgan fingerprint density at radius 3 is 2.29 bits per heavy atom. The molecule has 21 heavy (non-hydrogen) atoms. The van der Waals surface area contributed by atoms with Crippen LogP contribution < -0.4 is 10.1 Å². The van der Waals surface area contributed by atoms with Gasteiger partial charge in [0.15, 0.2) is 0 Å². The minimum atomic E-state index is 0.248. The Kier molecular flexibility index (Phi) is 4.68. The van der Waals surface area contributed by atoms with Gasteiger partial charge in [-0.3, -0.25) is 0 Å². The van der Waals surface area contributed by atoms with Crippen molar-refractivity contribution in [3.8, 4) is 11.6 Å². The maximum Gasteiger partial charge on any atom is 0.227 e. The van der Waals surface area contributed by atoms with Crippen LogP contribution >= 0.6 is 11.6 Å². The lowest BCUT2D eigenvalue weighted by atomic mass is 10.1. The number of nitrogens with one attached hydrogen (secondary N) is 1. The predicted molar refractivity (Wildman–Crippen MR) is 86.7 cm³/mol. The van der Waals surface area contributed by atoms with Crippen LogP contribution in [0.5, 0.6) is 11.6 Å². The molecule has 0 aliphatic carbocycles. The van der Waals surface area contributed by atoms with Crippen LogP contribution in [0.2, 0.25) is 5.02 Å². The molecule has 0 fully saturated rings. The molecule has 112 valence electrons. The molecule has 5 heteroatoms. The Morgan fingerprint density at radius 1 is 1.14 bits per heavy atom. The van der Waals surface area contributed by atoms with E-state index in [9.17, 15) is 0 Å². The summed E-state index contributed by atoms with van der Waals surface area (Å²) in [7, 11) is 1.84. The number of nitrogens with zero attached hydrogens (tertiary/aromatic N) is 2. The van der Waals surface area contributed by atoms with Gasteiger partial charge in [-0.05, 0) is 43.0 Å². The minimum Gasteiger partial charge on any atom is -0.439 e. The van der Waals surface area contributed by atoms with E-state index in [0.29, 0.717) is 5.88 Å². The van der Waals surface area contributed by atoms with Gasteiger partial charge in [0.1, 0.15) is 17.9 Å². The van der Waals surface area contributed by atoms with E-state index < -0.39 is 0 Å². The van der Waals surface area contributed by atoms with E-state index in [1.807, 2.05) is 33.0 Å². The molecule has 1 heterocycles. The third kappa shape index (κ3) is 3.27. The number of aromatic nitrogens is 2. The van der Waals surface area contributed by atoms with Gasteiger partial charge in [0, 0.05) is 12.1 Å². The molecule has 0 radical (unpaired) electrons. The van der Waals surface area contributed by atoms with Crippen LogP contribution in [0.1, 0.15) is 36.5 Å². The third-order valence-corrected chi connectivity index (χ3v) is 3.88. The monoisotopic (exact) mass is 305 g/mol. The first kappa shape index (κ1) is 15.6. The number of benzene rings is 1. The molecule has 0 bridgehead atoms. The van der Waals surface area contributed by atoms with Crippen molar-refractivity contribution >= 4 is 17.4 Å². The van der Waals surface area contributed by atoms with E-state index in [1.165, 1.54) is 6.33 Å². The van der Waals surface area contributed by atoms with E-state index in [-0.39, 0.29) is 5.92 Å². The van der Waals surface area contributed by atoms with Crippen molar-refractivity contribution in [2.24, 2.45) is 0 Å². The lowest BCUT2D eigenvalue weighted by molar-refractivity contribution is 0.451. The number of rotatable bonds is 4.